The molecule has 0 aliphatic rings. The Kier molecular flexibility index (Phi) is 4.60. The van der Waals surface area contributed by atoms with Gasteiger partial charge in [-0.15, -0.1) is 0 Å². The van der Waals surface area contributed by atoms with E-state index in [0.717, 1.165) is 6.92 Å². The summed E-state index contributed by atoms with van der Waals surface area (Å²) in [5.74, 6) is -3.55. The summed E-state index contributed by atoms with van der Waals surface area (Å²) in [7, 11) is 0. The highest BCUT2D eigenvalue weighted by molar-refractivity contribution is 5.98. The summed E-state index contributed by atoms with van der Waals surface area (Å²) in [6.07, 6.45) is -5.07. The van der Waals surface area contributed by atoms with Crippen LogP contribution in [0.15, 0.2) is 0 Å². The summed E-state index contributed by atoms with van der Waals surface area (Å²) < 4.78 is 38.9. The number of aromatic nitrogens is 1. The first-order chi connectivity index (χ1) is 9.46. The summed E-state index contributed by atoms with van der Waals surface area (Å²) in [5.41, 5.74) is -3.82. The van der Waals surface area contributed by atoms with Crippen LogP contribution < -0.4 is 0 Å². The van der Waals surface area contributed by atoms with Crippen LogP contribution in [0.2, 0.25) is 0 Å². The highest BCUT2D eigenvalue weighted by Crippen LogP contribution is 2.35. The SMILES string of the molecule is Cc1nc(C(F)(F)F)c(C(=O)O)c(CC(C)C)c1C(=O)O. The Hall–Kier alpha value is -2.12. The first kappa shape index (κ1) is 16.9. The molecule has 1 aromatic rings. The zero-order chi connectivity index (χ0) is 16.5. The van der Waals surface area contributed by atoms with Gasteiger partial charge in [0.15, 0.2) is 5.69 Å². The third-order valence-corrected chi connectivity index (χ3v) is 2.79. The van der Waals surface area contributed by atoms with E-state index in [1.807, 2.05) is 0 Å². The van der Waals surface area contributed by atoms with Gasteiger partial charge in [0.2, 0.25) is 0 Å². The predicted octanol–water partition coefficient (Wildman–Crippen LogP) is 3.00. The van der Waals surface area contributed by atoms with Crippen molar-refractivity contribution in [1.82, 2.24) is 4.98 Å². The van der Waals surface area contributed by atoms with Crippen LogP contribution in [0, 0.1) is 12.8 Å². The third kappa shape index (κ3) is 3.50. The van der Waals surface area contributed by atoms with Gasteiger partial charge in [-0.2, -0.15) is 13.2 Å². The first-order valence-electron chi connectivity index (χ1n) is 6.04. The summed E-state index contributed by atoms with van der Waals surface area (Å²) >= 11 is 0. The van der Waals surface area contributed by atoms with Crippen molar-refractivity contribution >= 4 is 11.9 Å². The fraction of sp³-hybridized carbons (Fsp3) is 0.462. The number of alkyl halides is 3. The number of pyridine rings is 1. The molecular formula is C13H14F3NO4. The van der Waals surface area contributed by atoms with E-state index in [0.29, 0.717) is 0 Å². The van der Waals surface area contributed by atoms with Gasteiger partial charge in [0.25, 0.3) is 0 Å². The summed E-state index contributed by atoms with van der Waals surface area (Å²) in [4.78, 5) is 25.6. The molecule has 1 rings (SSSR count). The largest absolute Gasteiger partial charge is 0.478 e. The van der Waals surface area contributed by atoms with E-state index in [-0.39, 0.29) is 23.6 Å². The highest BCUT2D eigenvalue weighted by atomic mass is 19.4. The Morgan fingerprint density at radius 2 is 1.62 bits per heavy atom. The molecule has 0 amide bonds. The molecule has 1 heterocycles. The summed E-state index contributed by atoms with van der Waals surface area (Å²) in [6, 6.07) is 0. The van der Waals surface area contributed by atoms with Gasteiger partial charge in [0.05, 0.1) is 16.8 Å². The average Bonchev–Trinajstić information content (AvgIpc) is 2.24. The fourth-order valence-electron chi connectivity index (χ4n) is 2.10. The summed E-state index contributed by atoms with van der Waals surface area (Å²) in [5, 5.41) is 18.2. The van der Waals surface area contributed by atoms with Crippen molar-refractivity contribution in [3.63, 3.8) is 0 Å². The van der Waals surface area contributed by atoms with Crippen LogP contribution in [0.25, 0.3) is 0 Å². The quantitative estimate of drug-likeness (QED) is 0.892. The normalized spacial score (nSPS) is 11.8. The van der Waals surface area contributed by atoms with E-state index >= 15 is 0 Å². The van der Waals surface area contributed by atoms with Crippen LogP contribution in [0.3, 0.4) is 0 Å². The Balaban J connectivity index is 3.86. The van der Waals surface area contributed by atoms with Crippen molar-refractivity contribution in [2.45, 2.75) is 33.4 Å². The minimum absolute atomic E-state index is 0.101. The molecule has 8 heteroatoms. The maximum atomic E-state index is 13.0. The zero-order valence-corrected chi connectivity index (χ0v) is 11.6. The molecular weight excluding hydrogens is 291 g/mol. The molecule has 21 heavy (non-hydrogen) atoms. The Morgan fingerprint density at radius 3 is 1.95 bits per heavy atom. The van der Waals surface area contributed by atoms with Crippen LogP contribution in [0.1, 0.15) is 51.5 Å². The molecule has 0 fully saturated rings. The lowest BCUT2D eigenvalue weighted by molar-refractivity contribution is -0.141. The second-order valence-corrected chi connectivity index (χ2v) is 4.98. The van der Waals surface area contributed by atoms with Crippen molar-refractivity contribution in [2.24, 2.45) is 5.92 Å². The van der Waals surface area contributed by atoms with Gasteiger partial charge in [-0.05, 0) is 24.8 Å². The van der Waals surface area contributed by atoms with Gasteiger partial charge >= 0.3 is 18.1 Å². The number of aryl methyl sites for hydroxylation is 1. The highest BCUT2D eigenvalue weighted by Gasteiger charge is 2.40. The number of carboxylic acids is 2. The molecule has 5 nitrogen and oxygen atoms in total. The van der Waals surface area contributed by atoms with Crippen LogP contribution in [0.4, 0.5) is 13.2 Å². The van der Waals surface area contributed by atoms with Crippen LogP contribution in [0.5, 0.6) is 0 Å². The molecule has 0 aliphatic heterocycles. The molecule has 116 valence electrons. The number of carboxylic acid groups (broad SMARTS) is 2. The molecule has 0 bridgehead atoms. The van der Waals surface area contributed by atoms with Crippen molar-refractivity contribution in [3.05, 3.63) is 28.1 Å². The third-order valence-electron chi connectivity index (χ3n) is 2.79. The second-order valence-electron chi connectivity index (χ2n) is 4.98. The van der Waals surface area contributed by atoms with Crippen LogP contribution in [-0.2, 0) is 12.6 Å². The Morgan fingerprint density at radius 1 is 1.14 bits per heavy atom. The molecule has 0 aliphatic carbocycles. The monoisotopic (exact) mass is 305 g/mol. The lowest BCUT2D eigenvalue weighted by Gasteiger charge is -2.18. The molecule has 0 spiro atoms. The molecule has 2 N–H and O–H groups in total. The van der Waals surface area contributed by atoms with Gasteiger partial charge in [0.1, 0.15) is 0 Å². The zero-order valence-electron chi connectivity index (χ0n) is 11.6. The molecule has 0 saturated heterocycles. The molecule has 0 aromatic carbocycles. The topological polar surface area (TPSA) is 87.5 Å². The van der Waals surface area contributed by atoms with E-state index in [1.165, 1.54) is 0 Å². The average molecular weight is 305 g/mol. The maximum Gasteiger partial charge on any atom is 0.434 e. The molecule has 0 atom stereocenters. The van der Waals surface area contributed by atoms with Gasteiger partial charge in [-0.3, -0.25) is 0 Å². The van der Waals surface area contributed by atoms with Crippen molar-refractivity contribution in [2.75, 3.05) is 0 Å². The van der Waals surface area contributed by atoms with Crippen molar-refractivity contribution in [1.29, 1.82) is 0 Å². The Bertz CT molecular complexity index is 594. The predicted molar refractivity (Wildman–Crippen MR) is 66.4 cm³/mol. The maximum absolute atomic E-state index is 13.0. The van der Waals surface area contributed by atoms with E-state index in [9.17, 15) is 22.8 Å². The number of carbonyl (C=O) groups is 2. The standard InChI is InChI=1S/C13H14F3NO4/c1-5(2)4-7-8(11(18)19)6(3)17-10(13(14,15)16)9(7)12(20)21/h5H,4H2,1-3H3,(H,18,19)(H,20,21). The second kappa shape index (κ2) is 5.71. The van der Waals surface area contributed by atoms with Gasteiger partial charge in [-0.25, -0.2) is 14.6 Å². The minimum Gasteiger partial charge on any atom is -0.478 e. The van der Waals surface area contributed by atoms with Gasteiger partial charge in [0, 0.05) is 0 Å². The van der Waals surface area contributed by atoms with Crippen molar-refractivity contribution < 1.29 is 33.0 Å². The minimum atomic E-state index is -4.97. The number of halogens is 3. The molecule has 0 radical (unpaired) electrons. The number of hydrogen-bond acceptors (Lipinski definition) is 3. The number of aromatic carboxylic acids is 2. The summed E-state index contributed by atoms with van der Waals surface area (Å²) in [6.45, 7) is 4.43. The first-order valence-corrected chi connectivity index (χ1v) is 6.04. The molecule has 0 saturated carbocycles. The lowest BCUT2D eigenvalue weighted by atomic mass is 9.91. The van der Waals surface area contributed by atoms with Crippen LogP contribution in [-0.4, -0.2) is 27.1 Å². The lowest BCUT2D eigenvalue weighted by Crippen LogP contribution is -2.23. The van der Waals surface area contributed by atoms with Crippen LogP contribution >= 0.6 is 0 Å². The van der Waals surface area contributed by atoms with Crippen molar-refractivity contribution in [3.8, 4) is 0 Å². The Labute approximate surface area is 118 Å². The number of hydrogen-bond donors (Lipinski definition) is 2. The van der Waals surface area contributed by atoms with Gasteiger partial charge in [-0.1, -0.05) is 13.8 Å². The number of rotatable bonds is 4. The van der Waals surface area contributed by atoms with E-state index in [2.05, 4.69) is 4.98 Å². The van der Waals surface area contributed by atoms with E-state index in [4.69, 9.17) is 10.2 Å². The van der Waals surface area contributed by atoms with E-state index < -0.39 is 34.9 Å². The van der Waals surface area contributed by atoms with Gasteiger partial charge < -0.3 is 10.2 Å². The fourth-order valence-corrected chi connectivity index (χ4v) is 2.10. The number of nitrogens with zero attached hydrogens (tertiary/aromatic N) is 1. The molecule has 1 aromatic heterocycles. The smallest absolute Gasteiger partial charge is 0.434 e. The molecule has 0 unspecified atom stereocenters. The van der Waals surface area contributed by atoms with E-state index in [1.54, 1.807) is 13.8 Å².